The maximum Gasteiger partial charge on any atom is 0.330 e. The number of nitrogens with zero attached hydrogens (tertiary/aromatic N) is 2. The lowest BCUT2D eigenvalue weighted by Gasteiger charge is -1.98. The molecular formula is C9H10ClN3O2. The third-order valence-electron chi connectivity index (χ3n) is 1.50. The molecule has 0 aliphatic rings. The van der Waals surface area contributed by atoms with Crippen molar-refractivity contribution >= 4 is 29.5 Å². The van der Waals surface area contributed by atoms with Gasteiger partial charge in [0.15, 0.2) is 0 Å². The number of hydrogen-bond acceptors (Lipinski definition) is 5. The van der Waals surface area contributed by atoms with Gasteiger partial charge in [-0.2, -0.15) is 0 Å². The van der Waals surface area contributed by atoms with Crippen LogP contribution in [0.2, 0.25) is 5.28 Å². The maximum absolute atomic E-state index is 11.0. The molecule has 80 valence electrons. The molecule has 0 aliphatic carbocycles. The van der Waals surface area contributed by atoms with Crippen molar-refractivity contribution in [2.75, 3.05) is 12.3 Å². The predicted molar refractivity (Wildman–Crippen MR) is 57.1 cm³/mol. The summed E-state index contributed by atoms with van der Waals surface area (Å²) in [6.07, 6.45) is 4.16. The number of hydrogen-bond donors (Lipinski definition) is 1. The van der Waals surface area contributed by atoms with Gasteiger partial charge in [0.25, 0.3) is 0 Å². The maximum atomic E-state index is 11.0. The quantitative estimate of drug-likeness (QED) is 0.478. The van der Waals surface area contributed by atoms with Gasteiger partial charge in [-0.15, -0.1) is 0 Å². The van der Waals surface area contributed by atoms with Crippen molar-refractivity contribution in [2.45, 2.75) is 6.92 Å². The van der Waals surface area contributed by atoms with E-state index in [1.54, 1.807) is 6.92 Å². The zero-order chi connectivity index (χ0) is 11.3. The first-order chi connectivity index (χ1) is 7.13. The third kappa shape index (κ3) is 3.55. The zero-order valence-corrected chi connectivity index (χ0v) is 8.86. The van der Waals surface area contributed by atoms with Crippen molar-refractivity contribution in [1.29, 1.82) is 0 Å². The summed E-state index contributed by atoms with van der Waals surface area (Å²) < 4.78 is 4.69. The van der Waals surface area contributed by atoms with Crippen LogP contribution < -0.4 is 5.73 Å². The van der Waals surface area contributed by atoms with E-state index in [1.165, 1.54) is 18.3 Å². The van der Waals surface area contributed by atoms with E-state index in [2.05, 4.69) is 9.97 Å². The van der Waals surface area contributed by atoms with Gasteiger partial charge in [-0.05, 0) is 24.6 Å². The molecule has 2 N–H and O–H groups in total. The van der Waals surface area contributed by atoms with Crippen LogP contribution in [0.3, 0.4) is 0 Å². The molecule has 0 radical (unpaired) electrons. The highest BCUT2D eigenvalue weighted by molar-refractivity contribution is 6.28. The Morgan fingerprint density at radius 2 is 2.47 bits per heavy atom. The number of carbonyl (C=O) groups excluding carboxylic acids is 1. The smallest absolute Gasteiger partial charge is 0.330 e. The second-order valence-corrected chi connectivity index (χ2v) is 2.90. The van der Waals surface area contributed by atoms with Gasteiger partial charge in [0, 0.05) is 17.8 Å². The van der Waals surface area contributed by atoms with E-state index in [0.717, 1.165) is 0 Å². The fourth-order valence-electron chi connectivity index (χ4n) is 0.858. The molecule has 0 aromatic carbocycles. The molecule has 1 heterocycles. The molecule has 1 aromatic heterocycles. The summed E-state index contributed by atoms with van der Waals surface area (Å²) in [6, 6.07) is 0. The Labute approximate surface area is 91.9 Å². The molecule has 0 saturated heterocycles. The van der Waals surface area contributed by atoms with E-state index in [-0.39, 0.29) is 11.1 Å². The summed E-state index contributed by atoms with van der Waals surface area (Å²) in [5.74, 6) is -0.220. The highest BCUT2D eigenvalue weighted by Crippen LogP contribution is 2.11. The summed E-state index contributed by atoms with van der Waals surface area (Å²) in [6.45, 7) is 2.06. The molecule has 1 rings (SSSR count). The van der Waals surface area contributed by atoms with Gasteiger partial charge in [0.05, 0.1) is 6.61 Å². The minimum atomic E-state index is -0.438. The molecule has 0 amide bonds. The van der Waals surface area contributed by atoms with Crippen LogP contribution in [0.15, 0.2) is 12.3 Å². The monoisotopic (exact) mass is 227 g/mol. The largest absolute Gasteiger partial charge is 0.463 e. The second-order valence-electron chi connectivity index (χ2n) is 2.56. The Bertz CT molecular complexity index is 393. The molecule has 0 atom stereocenters. The van der Waals surface area contributed by atoms with Crippen LogP contribution in [-0.4, -0.2) is 22.5 Å². The van der Waals surface area contributed by atoms with Crippen molar-refractivity contribution < 1.29 is 9.53 Å². The highest BCUT2D eigenvalue weighted by Gasteiger charge is 2.00. The predicted octanol–water partition coefficient (Wildman–Crippen LogP) is 1.29. The summed E-state index contributed by atoms with van der Waals surface area (Å²) >= 11 is 5.51. The summed E-state index contributed by atoms with van der Waals surface area (Å²) in [5.41, 5.74) is 6.06. The van der Waals surface area contributed by atoms with Gasteiger partial charge in [-0.1, -0.05) is 0 Å². The molecule has 0 fully saturated rings. The average Bonchev–Trinajstić information content (AvgIpc) is 2.17. The summed E-state index contributed by atoms with van der Waals surface area (Å²) in [7, 11) is 0. The normalized spacial score (nSPS) is 10.5. The number of esters is 1. The number of carbonyl (C=O) groups is 1. The van der Waals surface area contributed by atoms with Crippen LogP contribution >= 0.6 is 11.6 Å². The van der Waals surface area contributed by atoms with E-state index in [4.69, 9.17) is 22.1 Å². The van der Waals surface area contributed by atoms with E-state index >= 15 is 0 Å². The SMILES string of the molecule is CCOC(=O)/C=C/c1cnc(Cl)nc1N. The number of rotatable bonds is 3. The standard InChI is InChI=1S/C9H10ClN3O2/c1-2-15-7(14)4-3-6-5-12-9(10)13-8(6)11/h3-5H,2H2,1H3,(H2,11,12,13)/b4-3+. The number of aromatic nitrogens is 2. The van der Waals surface area contributed by atoms with Gasteiger partial charge in [-0.3, -0.25) is 0 Å². The fraction of sp³-hybridized carbons (Fsp3) is 0.222. The molecule has 5 nitrogen and oxygen atoms in total. The molecule has 0 unspecified atom stereocenters. The lowest BCUT2D eigenvalue weighted by atomic mass is 10.3. The Kier molecular flexibility index (Phi) is 4.05. The second kappa shape index (κ2) is 5.31. The number of halogens is 1. The van der Waals surface area contributed by atoms with Crippen LogP contribution in [0.5, 0.6) is 0 Å². The van der Waals surface area contributed by atoms with E-state index in [9.17, 15) is 4.79 Å². The fourth-order valence-corrected chi connectivity index (χ4v) is 0.998. The number of anilines is 1. The number of nitrogens with two attached hydrogens (primary N) is 1. The van der Waals surface area contributed by atoms with Crippen molar-refractivity contribution in [2.24, 2.45) is 0 Å². The Morgan fingerprint density at radius 3 is 3.07 bits per heavy atom. The van der Waals surface area contributed by atoms with Gasteiger partial charge >= 0.3 is 5.97 Å². The number of ether oxygens (including phenoxy) is 1. The molecule has 0 aliphatic heterocycles. The molecular weight excluding hydrogens is 218 g/mol. The van der Waals surface area contributed by atoms with Crippen molar-refractivity contribution in [3.05, 3.63) is 23.1 Å². The van der Waals surface area contributed by atoms with Crippen molar-refractivity contribution in [3.8, 4) is 0 Å². The van der Waals surface area contributed by atoms with E-state index in [0.29, 0.717) is 12.2 Å². The zero-order valence-electron chi connectivity index (χ0n) is 8.11. The third-order valence-corrected chi connectivity index (χ3v) is 1.69. The van der Waals surface area contributed by atoms with Crippen LogP contribution in [0.25, 0.3) is 6.08 Å². The van der Waals surface area contributed by atoms with Crippen LogP contribution in [0.4, 0.5) is 5.82 Å². The molecule has 6 heteroatoms. The molecule has 1 aromatic rings. The molecule has 0 spiro atoms. The van der Waals surface area contributed by atoms with Gasteiger partial charge in [-0.25, -0.2) is 14.8 Å². The lowest BCUT2D eigenvalue weighted by molar-refractivity contribution is -0.137. The Morgan fingerprint density at radius 1 is 1.73 bits per heavy atom. The van der Waals surface area contributed by atoms with E-state index in [1.807, 2.05) is 0 Å². The summed E-state index contributed by atoms with van der Waals surface area (Å²) in [5, 5.41) is 0.0702. The van der Waals surface area contributed by atoms with Crippen LogP contribution in [0, 0.1) is 0 Å². The highest BCUT2D eigenvalue weighted by atomic mass is 35.5. The first-order valence-corrected chi connectivity index (χ1v) is 4.64. The van der Waals surface area contributed by atoms with E-state index < -0.39 is 5.97 Å². The number of nitrogen functional groups attached to an aromatic ring is 1. The molecule has 0 saturated carbocycles. The van der Waals surface area contributed by atoms with Crippen molar-refractivity contribution in [1.82, 2.24) is 9.97 Å². The summed E-state index contributed by atoms with van der Waals surface area (Å²) in [4.78, 5) is 18.4. The minimum absolute atomic E-state index is 0.0702. The van der Waals surface area contributed by atoms with Crippen LogP contribution in [-0.2, 0) is 9.53 Å². The van der Waals surface area contributed by atoms with Gasteiger partial charge in [0.2, 0.25) is 5.28 Å². The first kappa shape index (κ1) is 11.5. The first-order valence-electron chi connectivity index (χ1n) is 4.26. The minimum Gasteiger partial charge on any atom is -0.463 e. The van der Waals surface area contributed by atoms with Crippen LogP contribution in [0.1, 0.15) is 12.5 Å². The Balaban J connectivity index is 2.76. The van der Waals surface area contributed by atoms with Crippen molar-refractivity contribution in [3.63, 3.8) is 0 Å². The molecule has 15 heavy (non-hydrogen) atoms. The van der Waals surface area contributed by atoms with Gasteiger partial charge in [0.1, 0.15) is 5.82 Å². The topological polar surface area (TPSA) is 78.1 Å². The lowest BCUT2D eigenvalue weighted by Crippen LogP contribution is -2.00. The Hall–Kier alpha value is -1.62. The van der Waals surface area contributed by atoms with Gasteiger partial charge < -0.3 is 10.5 Å². The molecule has 0 bridgehead atoms. The average molecular weight is 228 g/mol.